The van der Waals surface area contributed by atoms with E-state index in [9.17, 15) is 14.9 Å². The van der Waals surface area contributed by atoms with E-state index in [-0.39, 0.29) is 18.1 Å². The van der Waals surface area contributed by atoms with Crippen molar-refractivity contribution in [1.82, 2.24) is 10.3 Å². The molecule has 128 valence electrons. The van der Waals surface area contributed by atoms with E-state index in [0.717, 1.165) is 10.7 Å². The number of nitro benzene ring substituents is 1. The first-order valence-electron chi connectivity index (χ1n) is 7.48. The first-order chi connectivity index (χ1) is 11.9. The topological polar surface area (TPSA) is 98.3 Å². The molecule has 1 aromatic carbocycles. The Labute approximate surface area is 147 Å². The fraction of sp³-hybridized carbons (Fsp3) is 0.176. The number of amides is 1. The maximum atomic E-state index is 12.2. The number of aromatic nitrogens is 1. The van der Waals surface area contributed by atoms with Gasteiger partial charge in [-0.05, 0) is 38.1 Å². The normalized spacial score (nSPS) is 10.6. The molecule has 1 N–H and O–H groups in total. The first kappa shape index (κ1) is 16.8. The van der Waals surface area contributed by atoms with E-state index in [2.05, 4.69) is 10.3 Å². The summed E-state index contributed by atoms with van der Waals surface area (Å²) in [5.41, 5.74) is 1.57. The molecule has 25 heavy (non-hydrogen) atoms. The molecule has 1 amide bonds. The van der Waals surface area contributed by atoms with Gasteiger partial charge in [0.05, 0.1) is 16.5 Å². The van der Waals surface area contributed by atoms with E-state index in [1.165, 1.54) is 29.5 Å². The summed E-state index contributed by atoms with van der Waals surface area (Å²) in [5, 5.41) is 16.4. The van der Waals surface area contributed by atoms with Gasteiger partial charge in [-0.25, -0.2) is 4.98 Å². The number of nitrogens with one attached hydrogen (secondary N) is 1. The zero-order chi connectivity index (χ0) is 18.0. The smallest absolute Gasteiger partial charge is 0.272 e. The molecule has 0 saturated heterocycles. The fourth-order valence-corrected chi connectivity index (χ4v) is 2.96. The van der Waals surface area contributed by atoms with Crippen LogP contribution in [0, 0.1) is 24.0 Å². The summed E-state index contributed by atoms with van der Waals surface area (Å²) < 4.78 is 5.68. The van der Waals surface area contributed by atoms with Crippen molar-refractivity contribution in [2.75, 3.05) is 0 Å². The number of furan rings is 1. The van der Waals surface area contributed by atoms with Crippen LogP contribution < -0.4 is 5.32 Å². The molecule has 0 bridgehead atoms. The predicted molar refractivity (Wildman–Crippen MR) is 93.6 cm³/mol. The number of nitrogens with zero attached hydrogens (tertiary/aromatic N) is 2. The van der Waals surface area contributed by atoms with Crippen molar-refractivity contribution in [1.29, 1.82) is 0 Å². The quantitative estimate of drug-likeness (QED) is 0.552. The number of hydrogen-bond acceptors (Lipinski definition) is 6. The lowest BCUT2D eigenvalue weighted by Crippen LogP contribution is -2.22. The highest BCUT2D eigenvalue weighted by Crippen LogP contribution is 2.24. The summed E-state index contributed by atoms with van der Waals surface area (Å²) in [6.45, 7) is 3.74. The van der Waals surface area contributed by atoms with Gasteiger partial charge in [-0.15, -0.1) is 11.3 Å². The number of aryl methyl sites for hydroxylation is 2. The summed E-state index contributed by atoms with van der Waals surface area (Å²) in [5.74, 6) is 0.938. The van der Waals surface area contributed by atoms with Crippen LogP contribution in [0.3, 0.4) is 0 Å². The molecule has 0 fully saturated rings. The minimum Gasteiger partial charge on any atom is -0.458 e. The number of hydrogen-bond donors (Lipinski definition) is 1. The highest BCUT2D eigenvalue weighted by Gasteiger charge is 2.14. The van der Waals surface area contributed by atoms with Crippen LogP contribution >= 0.6 is 11.3 Å². The molecule has 0 unspecified atom stereocenters. The largest absolute Gasteiger partial charge is 0.458 e. The van der Waals surface area contributed by atoms with Gasteiger partial charge in [0.2, 0.25) is 0 Å². The van der Waals surface area contributed by atoms with E-state index in [1.807, 2.05) is 18.4 Å². The number of carbonyl (C=O) groups excluding carboxylic acids is 1. The van der Waals surface area contributed by atoms with Gasteiger partial charge >= 0.3 is 0 Å². The molecule has 2 heterocycles. The Morgan fingerprint density at radius 3 is 2.76 bits per heavy atom. The summed E-state index contributed by atoms with van der Waals surface area (Å²) in [6, 6.07) is 7.86. The van der Waals surface area contributed by atoms with Crippen molar-refractivity contribution in [3.63, 3.8) is 0 Å². The summed E-state index contributed by atoms with van der Waals surface area (Å²) in [4.78, 5) is 26.9. The zero-order valence-corrected chi connectivity index (χ0v) is 14.4. The van der Waals surface area contributed by atoms with Gasteiger partial charge in [0.25, 0.3) is 11.6 Å². The molecule has 2 aromatic heterocycles. The van der Waals surface area contributed by atoms with Crippen LogP contribution in [-0.4, -0.2) is 15.8 Å². The lowest BCUT2D eigenvalue weighted by molar-refractivity contribution is -0.385. The summed E-state index contributed by atoms with van der Waals surface area (Å²) in [6.07, 6.45) is 0. The zero-order valence-electron chi connectivity index (χ0n) is 13.6. The number of rotatable bonds is 5. The number of nitro groups is 1. The van der Waals surface area contributed by atoms with Crippen LogP contribution in [-0.2, 0) is 6.54 Å². The Hall–Kier alpha value is -3.00. The van der Waals surface area contributed by atoms with Crippen LogP contribution in [0.4, 0.5) is 5.69 Å². The van der Waals surface area contributed by atoms with Gasteiger partial charge in [0, 0.05) is 22.6 Å². The molecule has 7 nitrogen and oxygen atoms in total. The number of carbonyl (C=O) groups is 1. The SMILES string of the molecule is Cc1nc(-c2ccc(CNC(=O)c3ccc([N+](=O)[O-])c(C)c3)o2)cs1. The average Bonchev–Trinajstić information content (AvgIpc) is 3.20. The maximum absolute atomic E-state index is 12.2. The third-order valence-electron chi connectivity index (χ3n) is 3.61. The Bertz CT molecular complexity index is 945. The minimum atomic E-state index is -0.471. The molecule has 0 aliphatic rings. The standard InChI is InChI=1S/C17H15N3O4S/c1-10-7-12(3-5-15(10)20(22)23)17(21)18-8-13-4-6-16(24-13)14-9-25-11(2)19-14/h3-7,9H,8H2,1-2H3,(H,18,21). The van der Waals surface area contributed by atoms with E-state index in [4.69, 9.17) is 4.42 Å². The first-order valence-corrected chi connectivity index (χ1v) is 8.36. The molecule has 3 rings (SSSR count). The third-order valence-corrected chi connectivity index (χ3v) is 4.39. The Kier molecular flexibility index (Phi) is 4.62. The lowest BCUT2D eigenvalue weighted by Gasteiger charge is -2.05. The lowest BCUT2D eigenvalue weighted by atomic mass is 10.1. The van der Waals surface area contributed by atoms with Gasteiger partial charge in [0.15, 0.2) is 5.76 Å². The number of benzene rings is 1. The van der Waals surface area contributed by atoms with Gasteiger partial charge in [0.1, 0.15) is 11.5 Å². The van der Waals surface area contributed by atoms with E-state index < -0.39 is 4.92 Å². The van der Waals surface area contributed by atoms with Gasteiger partial charge in [-0.2, -0.15) is 0 Å². The highest BCUT2D eigenvalue weighted by atomic mass is 32.1. The minimum absolute atomic E-state index is 0.00853. The molecule has 0 aliphatic carbocycles. The predicted octanol–water partition coefficient (Wildman–Crippen LogP) is 3.86. The molecule has 3 aromatic rings. The second kappa shape index (κ2) is 6.86. The van der Waals surface area contributed by atoms with Crippen molar-refractivity contribution in [2.24, 2.45) is 0 Å². The van der Waals surface area contributed by atoms with Crippen molar-refractivity contribution in [3.05, 3.63) is 67.7 Å². The van der Waals surface area contributed by atoms with Crippen molar-refractivity contribution < 1.29 is 14.1 Å². The van der Waals surface area contributed by atoms with Crippen LogP contribution in [0.2, 0.25) is 0 Å². The van der Waals surface area contributed by atoms with Crippen molar-refractivity contribution >= 4 is 22.9 Å². The van der Waals surface area contributed by atoms with Crippen LogP contribution in [0.15, 0.2) is 40.1 Å². The van der Waals surface area contributed by atoms with E-state index >= 15 is 0 Å². The monoisotopic (exact) mass is 357 g/mol. The van der Waals surface area contributed by atoms with Crippen molar-refractivity contribution in [3.8, 4) is 11.5 Å². The molecule has 0 atom stereocenters. The van der Waals surface area contributed by atoms with E-state index in [0.29, 0.717) is 22.6 Å². The Morgan fingerprint density at radius 1 is 1.32 bits per heavy atom. The molecule has 0 aliphatic heterocycles. The molecule has 0 spiro atoms. The third kappa shape index (κ3) is 3.74. The van der Waals surface area contributed by atoms with Gasteiger partial charge in [-0.1, -0.05) is 0 Å². The van der Waals surface area contributed by atoms with E-state index in [1.54, 1.807) is 13.0 Å². The Morgan fingerprint density at radius 2 is 2.12 bits per heavy atom. The molecule has 8 heteroatoms. The van der Waals surface area contributed by atoms with Crippen molar-refractivity contribution in [2.45, 2.75) is 20.4 Å². The van der Waals surface area contributed by atoms with Crippen LogP contribution in [0.5, 0.6) is 0 Å². The molecule has 0 saturated carbocycles. The molecule has 0 radical (unpaired) electrons. The van der Waals surface area contributed by atoms with Gasteiger partial charge < -0.3 is 9.73 Å². The maximum Gasteiger partial charge on any atom is 0.272 e. The van der Waals surface area contributed by atoms with Crippen LogP contribution in [0.1, 0.15) is 26.7 Å². The highest BCUT2D eigenvalue weighted by molar-refractivity contribution is 7.09. The van der Waals surface area contributed by atoms with Crippen LogP contribution in [0.25, 0.3) is 11.5 Å². The Balaban J connectivity index is 1.65. The summed E-state index contributed by atoms with van der Waals surface area (Å²) in [7, 11) is 0. The fourth-order valence-electron chi connectivity index (χ4n) is 2.36. The average molecular weight is 357 g/mol. The second-order valence-corrected chi connectivity index (χ2v) is 6.52. The summed E-state index contributed by atoms with van der Waals surface area (Å²) >= 11 is 1.54. The molecular formula is C17H15N3O4S. The van der Waals surface area contributed by atoms with Gasteiger partial charge in [-0.3, -0.25) is 14.9 Å². The second-order valence-electron chi connectivity index (χ2n) is 5.46. The molecular weight excluding hydrogens is 342 g/mol. The number of thiazole rings is 1.